The number of anilines is 1. The summed E-state index contributed by atoms with van der Waals surface area (Å²) in [7, 11) is -3.53. The van der Waals surface area contributed by atoms with Gasteiger partial charge in [0.2, 0.25) is 10.0 Å². The summed E-state index contributed by atoms with van der Waals surface area (Å²) in [6, 6.07) is 11.2. The summed E-state index contributed by atoms with van der Waals surface area (Å²) in [5.41, 5.74) is 1.86. The van der Waals surface area contributed by atoms with Crippen LogP contribution in [-0.4, -0.2) is 31.7 Å². The third-order valence-corrected chi connectivity index (χ3v) is 6.21. The van der Waals surface area contributed by atoms with Crippen LogP contribution in [0.15, 0.2) is 47.4 Å². The average Bonchev–Trinajstić information content (AvgIpc) is 2.58. The number of benzene rings is 2. The second kappa shape index (κ2) is 7.99. The fraction of sp³-hybridized carbons (Fsp3) is 0.278. The molecule has 0 spiro atoms. The minimum atomic E-state index is -3.53. The molecule has 0 bridgehead atoms. The number of aryl methyl sites for hydroxylation is 1. The van der Waals surface area contributed by atoms with Gasteiger partial charge in [-0.1, -0.05) is 31.5 Å². The Kier molecular flexibility index (Phi) is 6.21. The third-order valence-electron chi connectivity index (χ3n) is 3.83. The molecule has 2 aromatic carbocycles. The maximum atomic E-state index is 12.5. The predicted molar refractivity (Wildman–Crippen MR) is 101 cm³/mol. The van der Waals surface area contributed by atoms with E-state index in [1.54, 1.807) is 26.0 Å². The lowest BCUT2D eigenvalue weighted by atomic mass is 10.2. The van der Waals surface area contributed by atoms with Crippen molar-refractivity contribution in [3.8, 4) is 0 Å². The second-order valence-corrected chi connectivity index (χ2v) is 7.90. The SMILES string of the molecule is CCN(CC)S(=O)(=O)c1ccc(C(=O)Nc2ccc(C)cc2Cl)cc1. The van der Waals surface area contributed by atoms with E-state index in [4.69, 9.17) is 11.6 Å². The molecule has 1 amide bonds. The molecule has 7 heteroatoms. The van der Waals surface area contributed by atoms with E-state index in [-0.39, 0.29) is 10.8 Å². The maximum absolute atomic E-state index is 12.5. The highest BCUT2D eigenvalue weighted by Crippen LogP contribution is 2.23. The molecule has 134 valence electrons. The lowest BCUT2D eigenvalue weighted by Gasteiger charge is -2.18. The number of hydrogen-bond acceptors (Lipinski definition) is 3. The van der Waals surface area contributed by atoms with Gasteiger partial charge in [-0.05, 0) is 48.9 Å². The van der Waals surface area contributed by atoms with Gasteiger partial charge in [-0.15, -0.1) is 0 Å². The van der Waals surface area contributed by atoms with Crippen molar-refractivity contribution in [3.63, 3.8) is 0 Å². The first-order chi connectivity index (χ1) is 11.8. The number of nitrogens with zero attached hydrogens (tertiary/aromatic N) is 1. The van der Waals surface area contributed by atoms with E-state index in [9.17, 15) is 13.2 Å². The van der Waals surface area contributed by atoms with Crippen LogP contribution < -0.4 is 5.32 Å². The Balaban J connectivity index is 2.20. The molecule has 0 saturated heterocycles. The van der Waals surface area contributed by atoms with Crippen LogP contribution in [0.5, 0.6) is 0 Å². The summed E-state index contributed by atoms with van der Waals surface area (Å²) in [6.07, 6.45) is 0. The predicted octanol–water partition coefficient (Wildman–Crippen LogP) is 3.93. The quantitative estimate of drug-likeness (QED) is 0.825. The highest BCUT2D eigenvalue weighted by Gasteiger charge is 2.21. The molecule has 0 aromatic heterocycles. The van der Waals surface area contributed by atoms with E-state index in [1.807, 2.05) is 13.0 Å². The van der Waals surface area contributed by atoms with Crippen LogP contribution in [0.1, 0.15) is 29.8 Å². The highest BCUT2D eigenvalue weighted by atomic mass is 35.5. The van der Waals surface area contributed by atoms with Gasteiger partial charge >= 0.3 is 0 Å². The van der Waals surface area contributed by atoms with Gasteiger partial charge in [0.15, 0.2) is 0 Å². The standard InChI is InChI=1S/C18H21ClN2O3S/c1-4-21(5-2)25(23,24)15-9-7-14(8-10-15)18(22)20-17-11-6-13(3)12-16(17)19/h6-12H,4-5H2,1-3H3,(H,20,22). The molecule has 0 saturated carbocycles. The lowest BCUT2D eigenvalue weighted by Crippen LogP contribution is -2.30. The van der Waals surface area contributed by atoms with Crippen molar-refractivity contribution in [2.45, 2.75) is 25.7 Å². The number of rotatable bonds is 6. The molecule has 0 aliphatic carbocycles. The monoisotopic (exact) mass is 380 g/mol. The van der Waals surface area contributed by atoms with Crippen LogP contribution in [0.2, 0.25) is 5.02 Å². The second-order valence-electron chi connectivity index (χ2n) is 5.55. The smallest absolute Gasteiger partial charge is 0.255 e. The first-order valence-electron chi connectivity index (χ1n) is 7.97. The Hall–Kier alpha value is -1.89. The average molecular weight is 381 g/mol. The zero-order valence-electron chi connectivity index (χ0n) is 14.4. The van der Waals surface area contributed by atoms with Gasteiger partial charge in [-0.2, -0.15) is 4.31 Å². The number of carbonyl (C=O) groups excluding carboxylic acids is 1. The van der Waals surface area contributed by atoms with Gasteiger partial charge in [0.05, 0.1) is 15.6 Å². The van der Waals surface area contributed by atoms with Gasteiger partial charge in [-0.3, -0.25) is 4.79 Å². The van der Waals surface area contributed by atoms with E-state index < -0.39 is 10.0 Å². The fourth-order valence-electron chi connectivity index (χ4n) is 2.41. The molecule has 0 aliphatic heterocycles. The Labute approximate surface area is 153 Å². The number of carbonyl (C=O) groups is 1. The molecule has 0 fully saturated rings. The summed E-state index contributed by atoms with van der Waals surface area (Å²) < 4.78 is 26.3. The zero-order chi connectivity index (χ0) is 18.6. The van der Waals surface area contributed by atoms with Crippen molar-refractivity contribution in [1.82, 2.24) is 4.31 Å². The number of nitrogens with one attached hydrogen (secondary N) is 1. The molecular formula is C18H21ClN2O3S. The molecule has 0 aliphatic rings. The van der Waals surface area contributed by atoms with Crippen LogP contribution in [0.4, 0.5) is 5.69 Å². The van der Waals surface area contributed by atoms with Gasteiger partial charge in [0.1, 0.15) is 0 Å². The number of halogens is 1. The number of hydrogen-bond donors (Lipinski definition) is 1. The number of amides is 1. The molecule has 0 heterocycles. The first-order valence-corrected chi connectivity index (χ1v) is 9.79. The van der Waals surface area contributed by atoms with Gasteiger partial charge < -0.3 is 5.32 Å². The summed E-state index contributed by atoms with van der Waals surface area (Å²) in [5, 5.41) is 3.18. The Bertz CT molecular complexity index is 860. The van der Waals surface area contributed by atoms with E-state index in [0.717, 1.165) is 5.56 Å². The summed E-state index contributed by atoms with van der Waals surface area (Å²) in [6.45, 7) is 6.27. The Morgan fingerprint density at radius 2 is 1.68 bits per heavy atom. The minimum Gasteiger partial charge on any atom is -0.321 e. The van der Waals surface area contributed by atoms with Crippen LogP contribution >= 0.6 is 11.6 Å². The van der Waals surface area contributed by atoms with Crippen molar-refractivity contribution in [1.29, 1.82) is 0 Å². The van der Waals surface area contributed by atoms with E-state index in [0.29, 0.717) is 29.4 Å². The number of sulfonamides is 1. The van der Waals surface area contributed by atoms with Crippen molar-refractivity contribution in [3.05, 3.63) is 58.6 Å². The molecule has 2 aromatic rings. The van der Waals surface area contributed by atoms with Crippen molar-refractivity contribution >= 4 is 33.2 Å². The van der Waals surface area contributed by atoms with Gasteiger partial charge in [0.25, 0.3) is 5.91 Å². The van der Waals surface area contributed by atoms with E-state index >= 15 is 0 Å². The van der Waals surface area contributed by atoms with Crippen molar-refractivity contribution in [2.75, 3.05) is 18.4 Å². The summed E-state index contributed by atoms with van der Waals surface area (Å²) in [4.78, 5) is 12.5. The van der Waals surface area contributed by atoms with Crippen LogP contribution in [0.25, 0.3) is 0 Å². The molecule has 5 nitrogen and oxygen atoms in total. The van der Waals surface area contributed by atoms with Crippen molar-refractivity contribution < 1.29 is 13.2 Å². The van der Waals surface area contributed by atoms with Gasteiger partial charge in [-0.25, -0.2) is 8.42 Å². The van der Waals surface area contributed by atoms with E-state index in [2.05, 4.69) is 5.32 Å². The van der Waals surface area contributed by atoms with Crippen LogP contribution in [0.3, 0.4) is 0 Å². The largest absolute Gasteiger partial charge is 0.321 e. The summed E-state index contributed by atoms with van der Waals surface area (Å²) in [5.74, 6) is -0.349. The molecule has 2 rings (SSSR count). The maximum Gasteiger partial charge on any atom is 0.255 e. The normalized spacial score (nSPS) is 11.6. The Morgan fingerprint density at radius 1 is 1.08 bits per heavy atom. The van der Waals surface area contributed by atoms with Crippen LogP contribution in [-0.2, 0) is 10.0 Å². The molecule has 1 N–H and O–H groups in total. The molecule has 0 atom stereocenters. The first kappa shape index (κ1) is 19.4. The van der Waals surface area contributed by atoms with E-state index in [1.165, 1.54) is 28.6 Å². The topological polar surface area (TPSA) is 66.5 Å². The zero-order valence-corrected chi connectivity index (χ0v) is 16.0. The molecule has 0 radical (unpaired) electrons. The fourth-order valence-corrected chi connectivity index (χ4v) is 4.15. The van der Waals surface area contributed by atoms with Crippen LogP contribution in [0, 0.1) is 6.92 Å². The summed E-state index contributed by atoms with van der Waals surface area (Å²) >= 11 is 6.11. The molecule has 25 heavy (non-hydrogen) atoms. The lowest BCUT2D eigenvalue weighted by molar-refractivity contribution is 0.102. The molecular weight excluding hydrogens is 360 g/mol. The molecule has 0 unspecified atom stereocenters. The van der Waals surface area contributed by atoms with Gasteiger partial charge in [0, 0.05) is 18.7 Å². The Morgan fingerprint density at radius 3 is 2.20 bits per heavy atom. The minimum absolute atomic E-state index is 0.168. The van der Waals surface area contributed by atoms with Crippen molar-refractivity contribution in [2.24, 2.45) is 0 Å². The third kappa shape index (κ3) is 4.39. The highest BCUT2D eigenvalue weighted by molar-refractivity contribution is 7.89.